The lowest BCUT2D eigenvalue weighted by Gasteiger charge is -2.20. The zero-order valence-electron chi connectivity index (χ0n) is 14.3. The van der Waals surface area contributed by atoms with E-state index in [2.05, 4.69) is 15.2 Å². The summed E-state index contributed by atoms with van der Waals surface area (Å²) in [5.41, 5.74) is 1.62. The predicted octanol–water partition coefficient (Wildman–Crippen LogP) is 3.02. The van der Waals surface area contributed by atoms with E-state index in [4.69, 9.17) is 0 Å². The summed E-state index contributed by atoms with van der Waals surface area (Å²) in [5, 5.41) is 8.81. The third-order valence-electron chi connectivity index (χ3n) is 3.83. The maximum atomic E-state index is 12.7. The Labute approximate surface area is 150 Å². The van der Waals surface area contributed by atoms with Crippen LogP contribution in [0.1, 0.15) is 6.92 Å². The summed E-state index contributed by atoms with van der Waals surface area (Å²) < 4.78 is 1.86. The smallest absolute Gasteiger partial charge is 0.240 e. The molecular formula is C18H19N5OS. The molecular weight excluding hydrogens is 334 g/mol. The second-order valence-electron chi connectivity index (χ2n) is 5.57. The normalized spacial score (nSPS) is 12.0. The highest BCUT2D eigenvalue weighted by molar-refractivity contribution is 8.00. The van der Waals surface area contributed by atoms with Crippen molar-refractivity contribution < 1.29 is 4.79 Å². The number of thioether (sulfide) groups is 1. The van der Waals surface area contributed by atoms with Crippen LogP contribution in [-0.4, -0.2) is 38.0 Å². The van der Waals surface area contributed by atoms with Crippen molar-refractivity contribution in [1.29, 1.82) is 0 Å². The first-order chi connectivity index (χ1) is 12.1. The quantitative estimate of drug-likeness (QED) is 0.660. The lowest BCUT2D eigenvalue weighted by Crippen LogP contribution is -2.33. The first kappa shape index (κ1) is 17.2. The largest absolute Gasteiger partial charge is 0.315 e. The average molecular weight is 353 g/mol. The maximum absolute atomic E-state index is 12.7. The van der Waals surface area contributed by atoms with Crippen molar-refractivity contribution >= 4 is 23.4 Å². The Kier molecular flexibility index (Phi) is 5.14. The van der Waals surface area contributed by atoms with Gasteiger partial charge in [-0.2, -0.15) is 0 Å². The number of hydrogen-bond donors (Lipinski definition) is 0. The van der Waals surface area contributed by atoms with Crippen LogP contribution in [0.5, 0.6) is 0 Å². The van der Waals surface area contributed by atoms with Gasteiger partial charge >= 0.3 is 0 Å². The lowest BCUT2D eigenvalue weighted by molar-refractivity contribution is -0.117. The van der Waals surface area contributed by atoms with Gasteiger partial charge in [-0.15, -0.1) is 10.2 Å². The first-order valence-electron chi connectivity index (χ1n) is 7.88. The van der Waals surface area contributed by atoms with Gasteiger partial charge in [-0.25, -0.2) is 0 Å². The number of benzene rings is 1. The molecule has 0 saturated carbocycles. The number of anilines is 1. The molecule has 0 N–H and O–H groups in total. The Hall–Kier alpha value is -2.67. The molecule has 0 aliphatic rings. The van der Waals surface area contributed by atoms with Gasteiger partial charge in [-0.1, -0.05) is 36.0 Å². The molecule has 3 rings (SSSR count). The number of amides is 1. The third-order valence-corrected chi connectivity index (χ3v) is 4.95. The van der Waals surface area contributed by atoms with Crippen LogP contribution in [-0.2, 0) is 11.8 Å². The van der Waals surface area contributed by atoms with Crippen LogP contribution in [0, 0.1) is 0 Å². The highest BCUT2D eigenvalue weighted by Gasteiger charge is 2.23. The summed E-state index contributed by atoms with van der Waals surface area (Å²) in [6, 6.07) is 15.2. The number of para-hydroxylation sites is 1. The van der Waals surface area contributed by atoms with E-state index < -0.39 is 0 Å². The van der Waals surface area contributed by atoms with Crippen molar-refractivity contribution in [3.63, 3.8) is 0 Å². The molecule has 1 unspecified atom stereocenters. The van der Waals surface area contributed by atoms with E-state index in [9.17, 15) is 4.79 Å². The molecule has 0 spiro atoms. The molecule has 0 radical (unpaired) electrons. The number of carbonyl (C=O) groups is 1. The second kappa shape index (κ2) is 7.48. The summed E-state index contributed by atoms with van der Waals surface area (Å²) >= 11 is 1.39. The summed E-state index contributed by atoms with van der Waals surface area (Å²) in [6.45, 7) is 1.88. The molecule has 0 aliphatic heterocycles. The van der Waals surface area contributed by atoms with Gasteiger partial charge in [-0.3, -0.25) is 9.78 Å². The minimum Gasteiger partial charge on any atom is -0.315 e. The fourth-order valence-corrected chi connectivity index (χ4v) is 3.30. The number of aromatic nitrogens is 4. The van der Waals surface area contributed by atoms with Crippen molar-refractivity contribution in [2.45, 2.75) is 17.3 Å². The number of nitrogens with zero attached hydrogens (tertiary/aromatic N) is 5. The van der Waals surface area contributed by atoms with Crippen LogP contribution in [0.25, 0.3) is 11.5 Å². The zero-order valence-corrected chi connectivity index (χ0v) is 15.1. The molecule has 1 amide bonds. The molecule has 2 aromatic heterocycles. The fourth-order valence-electron chi connectivity index (χ4n) is 2.40. The third kappa shape index (κ3) is 3.71. The Morgan fingerprint density at radius 3 is 2.52 bits per heavy atom. The number of rotatable bonds is 5. The zero-order chi connectivity index (χ0) is 17.8. The van der Waals surface area contributed by atoms with Crippen LogP contribution in [0.4, 0.5) is 5.69 Å². The SMILES string of the molecule is CC(Sc1nnc(-c2ccccn2)n1C)C(=O)N(C)c1ccccc1. The first-order valence-corrected chi connectivity index (χ1v) is 8.76. The lowest BCUT2D eigenvalue weighted by atomic mass is 10.3. The van der Waals surface area contributed by atoms with Gasteiger partial charge in [0.25, 0.3) is 0 Å². The molecule has 3 aromatic rings. The Balaban J connectivity index is 1.74. The van der Waals surface area contributed by atoms with E-state index in [1.54, 1.807) is 18.1 Å². The highest BCUT2D eigenvalue weighted by Crippen LogP contribution is 2.26. The van der Waals surface area contributed by atoms with Crippen LogP contribution in [0.3, 0.4) is 0 Å². The Morgan fingerprint density at radius 1 is 1.12 bits per heavy atom. The van der Waals surface area contributed by atoms with E-state index in [0.717, 1.165) is 11.4 Å². The van der Waals surface area contributed by atoms with Crippen molar-refractivity contribution in [3.05, 3.63) is 54.7 Å². The minimum absolute atomic E-state index is 0.0126. The van der Waals surface area contributed by atoms with Gasteiger partial charge in [0.15, 0.2) is 11.0 Å². The van der Waals surface area contributed by atoms with E-state index in [0.29, 0.717) is 11.0 Å². The monoisotopic (exact) mass is 353 g/mol. The molecule has 6 nitrogen and oxygen atoms in total. The van der Waals surface area contributed by atoms with Crippen LogP contribution >= 0.6 is 11.8 Å². The van der Waals surface area contributed by atoms with Crippen LogP contribution < -0.4 is 4.90 Å². The van der Waals surface area contributed by atoms with Crippen molar-refractivity contribution in [3.8, 4) is 11.5 Å². The van der Waals surface area contributed by atoms with Crippen molar-refractivity contribution in [2.24, 2.45) is 7.05 Å². The maximum Gasteiger partial charge on any atom is 0.240 e. The van der Waals surface area contributed by atoms with E-state index in [1.807, 2.05) is 67.1 Å². The standard InChI is InChI=1S/C18H19N5OS/c1-13(17(24)22(2)14-9-5-4-6-10-14)25-18-21-20-16(23(18)3)15-11-7-8-12-19-15/h4-13H,1-3H3. The van der Waals surface area contributed by atoms with Crippen molar-refractivity contribution in [1.82, 2.24) is 19.7 Å². The van der Waals surface area contributed by atoms with Gasteiger partial charge in [-0.05, 0) is 31.2 Å². The fraction of sp³-hybridized carbons (Fsp3) is 0.222. The van der Waals surface area contributed by atoms with Gasteiger partial charge in [0, 0.05) is 26.0 Å². The topological polar surface area (TPSA) is 63.9 Å². The van der Waals surface area contributed by atoms with E-state index >= 15 is 0 Å². The summed E-state index contributed by atoms with van der Waals surface area (Å²) in [7, 11) is 3.66. The molecule has 2 heterocycles. The molecule has 0 fully saturated rings. The van der Waals surface area contributed by atoms with Gasteiger partial charge in [0.1, 0.15) is 5.69 Å². The highest BCUT2D eigenvalue weighted by atomic mass is 32.2. The molecule has 0 bridgehead atoms. The average Bonchev–Trinajstić information content (AvgIpc) is 3.02. The molecule has 128 valence electrons. The molecule has 1 atom stereocenters. The van der Waals surface area contributed by atoms with Gasteiger partial charge in [0.2, 0.25) is 5.91 Å². The summed E-state index contributed by atoms with van der Waals surface area (Å²) in [4.78, 5) is 18.6. The molecule has 1 aromatic carbocycles. The number of carbonyl (C=O) groups excluding carboxylic acids is 1. The number of hydrogen-bond acceptors (Lipinski definition) is 5. The molecule has 25 heavy (non-hydrogen) atoms. The molecule has 7 heteroatoms. The minimum atomic E-state index is -0.287. The molecule has 0 saturated heterocycles. The van der Waals surface area contributed by atoms with Crippen LogP contribution in [0.2, 0.25) is 0 Å². The Morgan fingerprint density at radius 2 is 1.84 bits per heavy atom. The van der Waals surface area contributed by atoms with Crippen LogP contribution in [0.15, 0.2) is 59.9 Å². The summed E-state index contributed by atoms with van der Waals surface area (Å²) in [6.07, 6.45) is 1.72. The Bertz CT molecular complexity index is 850. The predicted molar refractivity (Wildman–Crippen MR) is 99.4 cm³/mol. The number of pyridine rings is 1. The van der Waals surface area contributed by atoms with Gasteiger partial charge in [0.05, 0.1) is 5.25 Å². The second-order valence-corrected chi connectivity index (χ2v) is 6.88. The van der Waals surface area contributed by atoms with Crippen molar-refractivity contribution in [2.75, 3.05) is 11.9 Å². The van der Waals surface area contributed by atoms with Gasteiger partial charge < -0.3 is 9.47 Å². The van der Waals surface area contributed by atoms with E-state index in [-0.39, 0.29) is 11.2 Å². The molecule has 0 aliphatic carbocycles. The summed E-state index contributed by atoms with van der Waals surface area (Å²) in [5.74, 6) is 0.692. The van der Waals surface area contributed by atoms with E-state index in [1.165, 1.54) is 11.8 Å².